The summed E-state index contributed by atoms with van der Waals surface area (Å²) in [6, 6.07) is 8.57. The van der Waals surface area contributed by atoms with Crippen LogP contribution in [0.1, 0.15) is 13.3 Å². The van der Waals surface area contributed by atoms with E-state index in [0.717, 1.165) is 24.0 Å². The molecule has 1 aliphatic heterocycles. The molecule has 0 aliphatic carbocycles. The molecule has 24 heavy (non-hydrogen) atoms. The van der Waals surface area contributed by atoms with E-state index in [2.05, 4.69) is 54.7 Å². The lowest BCUT2D eigenvalue weighted by Crippen LogP contribution is -2.46. The largest absolute Gasteiger partial charge is 0.469 e. The molecule has 0 saturated carbocycles. The summed E-state index contributed by atoms with van der Waals surface area (Å²) in [5.41, 5.74) is 1.21. The highest BCUT2D eigenvalue weighted by Gasteiger charge is 2.24. The third-order valence-electron chi connectivity index (χ3n) is 4.13. The van der Waals surface area contributed by atoms with Crippen LogP contribution in [0, 0.1) is 5.92 Å². The number of nitrogens with one attached hydrogen (secondary N) is 2. The van der Waals surface area contributed by atoms with E-state index in [1.54, 1.807) is 7.05 Å². The maximum absolute atomic E-state index is 11.5. The number of hydrogen-bond acceptors (Lipinski definition) is 4. The Labute approximate surface area is 151 Å². The monoisotopic (exact) mass is 396 g/mol. The predicted molar refractivity (Wildman–Crippen MR) is 100 cm³/mol. The Hall–Kier alpha value is -1.76. The quantitative estimate of drug-likeness (QED) is 0.452. The fourth-order valence-corrected chi connectivity index (χ4v) is 3.26. The lowest BCUT2D eigenvalue weighted by molar-refractivity contribution is -0.144. The highest BCUT2D eigenvalue weighted by atomic mass is 79.9. The SMILES string of the molecule is CN=C(NCC(C)C(=O)OC)NC1CCN(c2ccccc2Br)C1. The lowest BCUT2D eigenvalue weighted by atomic mass is 10.2. The zero-order valence-corrected chi connectivity index (χ0v) is 16.0. The van der Waals surface area contributed by atoms with Crippen molar-refractivity contribution in [3.63, 3.8) is 0 Å². The van der Waals surface area contributed by atoms with E-state index in [4.69, 9.17) is 4.74 Å². The van der Waals surface area contributed by atoms with Crippen molar-refractivity contribution in [3.05, 3.63) is 28.7 Å². The number of aliphatic imine (C=N–C) groups is 1. The van der Waals surface area contributed by atoms with Crippen LogP contribution in [0.3, 0.4) is 0 Å². The van der Waals surface area contributed by atoms with Gasteiger partial charge in [0.05, 0.1) is 18.7 Å². The average Bonchev–Trinajstić information content (AvgIpc) is 3.06. The van der Waals surface area contributed by atoms with E-state index >= 15 is 0 Å². The number of methoxy groups -OCH3 is 1. The highest BCUT2D eigenvalue weighted by molar-refractivity contribution is 9.10. The molecule has 1 aromatic rings. The third kappa shape index (κ3) is 4.87. The number of carbonyl (C=O) groups is 1. The first-order valence-corrected chi connectivity index (χ1v) is 8.89. The Bertz CT molecular complexity index is 594. The van der Waals surface area contributed by atoms with Gasteiger partial charge in [0, 0.05) is 37.2 Å². The van der Waals surface area contributed by atoms with Crippen molar-refractivity contribution in [1.29, 1.82) is 0 Å². The van der Waals surface area contributed by atoms with Crippen molar-refractivity contribution >= 4 is 33.5 Å². The minimum atomic E-state index is -0.223. The molecule has 1 saturated heterocycles. The molecule has 2 N–H and O–H groups in total. The third-order valence-corrected chi connectivity index (χ3v) is 4.80. The molecule has 1 aliphatic rings. The van der Waals surface area contributed by atoms with Crippen LogP contribution in [0.4, 0.5) is 5.69 Å². The Balaban J connectivity index is 1.85. The van der Waals surface area contributed by atoms with Crippen LogP contribution >= 0.6 is 15.9 Å². The average molecular weight is 397 g/mol. The Morgan fingerprint density at radius 2 is 2.25 bits per heavy atom. The van der Waals surface area contributed by atoms with Gasteiger partial charge in [0.25, 0.3) is 0 Å². The van der Waals surface area contributed by atoms with E-state index in [1.165, 1.54) is 12.8 Å². The van der Waals surface area contributed by atoms with Crippen LogP contribution in [0.25, 0.3) is 0 Å². The molecular weight excluding hydrogens is 372 g/mol. The summed E-state index contributed by atoms with van der Waals surface area (Å²) < 4.78 is 5.85. The Morgan fingerprint density at radius 1 is 1.50 bits per heavy atom. The van der Waals surface area contributed by atoms with E-state index < -0.39 is 0 Å². The van der Waals surface area contributed by atoms with Gasteiger partial charge in [0.2, 0.25) is 0 Å². The maximum atomic E-state index is 11.5. The molecule has 0 spiro atoms. The van der Waals surface area contributed by atoms with Gasteiger partial charge in [-0.3, -0.25) is 9.79 Å². The number of nitrogens with zero attached hydrogens (tertiary/aromatic N) is 2. The highest BCUT2D eigenvalue weighted by Crippen LogP contribution is 2.28. The van der Waals surface area contributed by atoms with Gasteiger partial charge in [-0.05, 0) is 34.5 Å². The maximum Gasteiger partial charge on any atom is 0.310 e. The number of ether oxygens (including phenoxy) is 1. The molecule has 0 amide bonds. The summed E-state index contributed by atoms with van der Waals surface area (Å²) in [5, 5.41) is 6.61. The van der Waals surface area contributed by atoms with Crippen LogP contribution < -0.4 is 15.5 Å². The number of halogens is 1. The molecule has 7 heteroatoms. The number of para-hydroxylation sites is 1. The zero-order chi connectivity index (χ0) is 17.5. The van der Waals surface area contributed by atoms with Crippen molar-refractivity contribution in [2.24, 2.45) is 10.9 Å². The summed E-state index contributed by atoms with van der Waals surface area (Å²) in [4.78, 5) is 18.0. The Morgan fingerprint density at radius 3 is 2.92 bits per heavy atom. The molecule has 2 rings (SSSR count). The zero-order valence-electron chi connectivity index (χ0n) is 14.4. The van der Waals surface area contributed by atoms with Crippen molar-refractivity contribution in [3.8, 4) is 0 Å². The first kappa shape index (κ1) is 18.6. The van der Waals surface area contributed by atoms with Gasteiger partial charge in [-0.25, -0.2) is 0 Å². The normalized spacial score (nSPS) is 19.1. The van der Waals surface area contributed by atoms with Crippen LogP contribution in [0.2, 0.25) is 0 Å². The molecular formula is C17H25BrN4O2. The molecule has 2 atom stereocenters. The fourth-order valence-electron chi connectivity index (χ4n) is 2.73. The fraction of sp³-hybridized carbons (Fsp3) is 0.529. The molecule has 6 nitrogen and oxygen atoms in total. The molecule has 1 heterocycles. The van der Waals surface area contributed by atoms with Crippen LogP contribution in [0.15, 0.2) is 33.7 Å². The molecule has 132 valence electrons. The summed E-state index contributed by atoms with van der Waals surface area (Å²) in [6.07, 6.45) is 1.04. The smallest absolute Gasteiger partial charge is 0.310 e. The van der Waals surface area contributed by atoms with Crippen molar-refractivity contribution in [2.75, 3.05) is 38.7 Å². The molecule has 0 bridgehead atoms. The number of anilines is 1. The van der Waals surface area contributed by atoms with Crippen molar-refractivity contribution in [1.82, 2.24) is 10.6 Å². The van der Waals surface area contributed by atoms with Crippen LogP contribution in [-0.2, 0) is 9.53 Å². The second kappa shape index (κ2) is 8.92. The van der Waals surface area contributed by atoms with Gasteiger partial charge in [0.1, 0.15) is 0 Å². The minimum Gasteiger partial charge on any atom is -0.469 e. The molecule has 0 aromatic heterocycles. The van der Waals surface area contributed by atoms with E-state index in [0.29, 0.717) is 18.5 Å². The molecule has 2 unspecified atom stereocenters. The second-order valence-corrected chi connectivity index (χ2v) is 6.76. The van der Waals surface area contributed by atoms with Gasteiger partial charge in [-0.2, -0.15) is 0 Å². The molecule has 1 fully saturated rings. The van der Waals surface area contributed by atoms with Gasteiger partial charge < -0.3 is 20.3 Å². The summed E-state index contributed by atoms with van der Waals surface area (Å²) in [6.45, 7) is 4.23. The summed E-state index contributed by atoms with van der Waals surface area (Å²) >= 11 is 3.61. The number of hydrogen-bond donors (Lipinski definition) is 2. The summed E-state index contributed by atoms with van der Waals surface area (Å²) in [5.74, 6) is 0.276. The van der Waals surface area contributed by atoms with E-state index in [1.807, 2.05) is 13.0 Å². The topological polar surface area (TPSA) is 66.0 Å². The summed E-state index contributed by atoms with van der Waals surface area (Å²) in [7, 11) is 3.14. The number of carbonyl (C=O) groups excluding carboxylic acids is 1. The van der Waals surface area contributed by atoms with Gasteiger partial charge in [0.15, 0.2) is 5.96 Å². The van der Waals surface area contributed by atoms with Crippen molar-refractivity contribution < 1.29 is 9.53 Å². The van der Waals surface area contributed by atoms with Crippen LogP contribution in [-0.4, -0.2) is 51.8 Å². The number of rotatable bonds is 5. The molecule has 1 aromatic carbocycles. The number of guanidine groups is 1. The van der Waals surface area contributed by atoms with E-state index in [9.17, 15) is 4.79 Å². The standard InChI is InChI=1S/C17H25BrN4O2/c1-12(16(23)24-3)10-20-17(19-2)21-13-8-9-22(11-13)15-7-5-4-6-14(15)18/h4-7,12-13H,8-11H2,1-3H3,(H2,19,20,21). The van der Waals surface area contributed by atoms with Gasteiger partial charge in [-0.1, -0.05) is 19.1 Å². The first-order chi connectivity index (χ1) is 11.5. The van der Waals surface area contributed by atoms with Crippen LogP contribution in [0.5, 0.6) is 0 Å². The lowest BCUT2D eigenvalue weighted by Gasteiger charge is -2.21. The number of benzene rings is 1. The van der Waals surface area contributed by atoms with E-state index in [-0.39, 0.29) is 11.9 Å². The minimum absolute atomic E-state index is 0.214. The van der Waals surface area contributed by atoms with Gasteiger partial charge in [-0.15, -0.1) is 0 Å². The molecule has 0 radical (unpaired) electrons. The number of esters is 1. The first-order valence-electron chi connectivity index (χ1n) is 8.09. The van der Waals surface area contributed by atoms with Gasteiger partial charge >= 0.3 is 5.97 Å². The predicted octanol–water partition coefficient (Wildman–Crippen LogP) is 2.00. The second-order valence-electron chi connectivity index (χ2n) is 5.90. The van der Waals surface area contributed by atoms with Crippen molar-refractivity contribution in [2.45, 2.75) is 19.4 Å². The Kier molecular flexibility index (Phi) is 6.90.